The number of carbonyl (C=O) groups is 1. The van der Waals surface area contributed by atoms with Crippen LogP contribution in [0.1, 0.15) is 22.0 Å². The van der Waals surface area contributed by atoms with Gasteiger partial charge in [-0.2, -0.15) is 8.42 Å². The van der Waals surface area contributed by atoms with E-state index in [0.29, 0.717) is 5.02 Å². The summed E-state index contributed by atoms with van der Waals surface area (Å²) in [4.78, 5) is 14.9. The van der Waals surface area contributed by atoms with Crippen molar-refractivity contribution in [2.45, 2.75) is 19.0 Å². The average molecular weight is 518 g/mol. The fourth-order valence-electron chi connectivity index (χ4n) is 2.94. The Kier molecular flexibility index (Phi) is 10.5. The van der Waals surface area contributed by atoms with Gasteiger partial charge in [-0.1, -0.05) is 29.8 Å². The van der Waals surface area contributed by atoms with E-state index in [9.17, 15) is 4.79 Å². The molecular weight excluding hydrogens is 498 g/mol. The van der Waals surface area contributed by atoms with Gasteiger partial charge in [0, 0.05) is 22.4 Å². The largest absolute Gasteiger partial charge is 0.726 e. The second-order valence-corrected chi connectivity index (χ2v) is 9.22. The van der Waals surface area contributed by atoms with E-state index in [1.165, 1.54) is 22.5 Å². The number of ether oxygens (including phenoxy) is 1. The first-order valence-corrected chi connectivity index (χ1v) is 12.3. The average Bonchev–Trinajstić information content (AvgIpc) is 3.08. The lowest BCUT2D eigenvalue weighted by molar-refractivity contribution is -0.938. The van der Waals surface area contributed by atoms with E-state index < -0.39 is 20.8 Å². The normalized spacial score (nSPS) is 16.5. The Morgan fingerprint density at radius 3 is 2.26 bits per heavy atom. The van der Waals surface area contributed by atoms with Gasteiger partial charge < -0.3 is 14.2 Å². The molecule has 0 fully saturated rings. The van der Waals surface area contributed by atoms with Crippen molar-refractivity contribution in [3.63, 3.8) is 0 Å². The van der Waals surface area contributed by atoms with Crippen molar-refractivity contribution in [3.05, 3.63) is 56.7 Å². The van der Waals surface area contributed by atoms with Gasteiger partial charge in [-0.3, -0.25) is 13.7 Å². The summed E-state index contributed by atoms with van der Waals surface area (Å²) >= 11 is 8.10. The van der Waals surface area contributed by atoms with E-state index in [-0.39, 0.29) is 12.0 Å². The molecule has 4 N–H and O–H groups in total. The number of methoxy groups -OCH3 is 1. The number of hydrogen-bond donors (Lipinski definition) is 4. The maximum Gasteiger partial charge on any atom is 0.394 e. The summed E-state index contributed by atoms with van der Waals surface area (Å²) < 4.78 is 69.4. The molecule has 3 rings (SSSR count). The molecule has 0 aliphatic carbocycles. The van der Waals surface area contributed by atoms with Crippen LogP contribution in [0.4, 0.5) is 0 Å². The topological polar surface area (TPSA) is 183 Å². The molecule has 1 aromatic carbocycles. The van der Waals surface area contributed by atoms with Gasteiger partial charge in [0.2, 0.25) is 16.4 Å². The molecule has 0 saturated heterocycles. The molecule has 0 spiro atoms. The van der Waals surface area contributed by atoms with Crippen molar-refractivity contribution in [1.29, 1.82) is 0 Å². The summed E-state index contributed by atoms with van der Waals surface area (Å²) in [6.07, 6.45) is 1.00. The van der Waals surface area contributed by atoms with Crippen molar-refractivity contribution in [2.24, 2.45) is 0 Å². The molecule has 2 heterocycles. The van der Waals surface area contributed by atoms with Gasteiger partial charge in [0.15, 0.2) is 0 Å². The summed E-state index contributed by atoms with van der Waals surface area (Å²) in [7, 11) is -8.15. The van der Waals surface area contributed by atoms with Crippen LogP contribution in [0, 0.1) is 0 Å². The molecule has 2 unspecified atom stereocenters. The first-order valence-electron chi connectivity index (χ1n) is 8.31. The highest BCUT2D eigenvalue weighted by atomic mass is 35.5. The van der Waals surface area contributed by atoms with Gasteiger partial charge in [-0.05, 0) is 17.5 Å². The van der Waals surface area contributed by atoms with Crippen molar-refractivity contribution in [1.82, 2.24) is 0 Å². The second kappa shape index (κ2) is 11.8. The maximum atomic E-state index is 12.3. The summed E-state index contributed by atoms with van der Waals surface area (Å²) in [5, 5.41) is 2.74. The first kappa shape index (κ1) is 27.4. The Morgan fingerprint density at radius 2 is 1.74 bits per heavy atom. The third kappa shape index (κ3) is 11.0. The van der Waals surface area contributed by atoms with Crippen LogP contribution in [0.2, 0.25) is 5.02 Å². The van der Waals surface area contributed by atoms with E-state index in [1.54, 1.807) is 11.3 Å². The first-order chi connectivity index (χ1) is 14.2. The van der Waals surface area contributed by atoms with E-state index >= 15 is 0 Å². The molecule has 1 aromatic heterocycles. The lowest BCUT2D eigenvalue weighted by Gasteiger charge is -2.30. The van der Waals surface area contributed by atoms with E-state index in [2.05, 4.69) is 11.4 Å². The number of hydrogen-bond acceptors (Lipinski definition) is 8. The van der Waals surface area contributed by atoms with Crippen molar-refractivity contribution < 1.29 is 49.5 Å². The number of benzene rings is 1. The summed E-state index contributed by atoms with van der Waals surface area (Å²) in [5.74, 6) is -0.225. The summed E-state index contributed by atoms with van der Waals surface area (Å²) in [6.45, 7) is 1.75. The quantitative estimate of drug-likeness (QED) is 0.255. The van der Waals surface area contributed by atoms with Gasteiger partial charge in [-0.15, -0.1) is 11.3 Å². The van der Waals surface area contributed by atoms with Gasteiger partial charge in [0.1, 0.15) is 6.54 Å². The fourth-order valence-corrected chi connectivity index (χ4v) is 4.09. The van der Waals surface area contributed by atoms with Gasteiger partial charge >= 0.3 is 16.4 Å². The zero-order chi connectivity index (χ0) is 23.8. The smallest absolute Gasteiger partial charge is 0.394 e. The van der Waals surface area contributed by atoms with E-state index in [0.717, 1.165) is 25.1 Å². The number of thiophene rings is 1. The van der Waals surface area contributed by atoms with E-state index in [1.807, 2.05) is 24.3 Å². The minimum absolute atomic E-state index is 0.225. The van der Waals surface area contributed by atoms with Crippen LogP contribution in [-0.2, 0) is 43.3 Å². The SMILES string of the molecule is COC(=O)C(c1ccccc1Cl)[NH+]1CCc2sccc2C1.O=S(=O)(O)O.O=S(=O)([O-])O. The number of rotatable bonds is 3. The zero-order valence-electron chi connectivity index (χ0n) is 16.0. The molecule has 0 bridgehead atoms. The fraction of sp³-hybridized carbons (Fsp3) is 0.312. The minimum Gasteiger partial charge on any atom is -0.726 e. The zero-order valence-corrected chi connectivity index (χ0v) is 19.2. The number of carbonyl (C=O) groups excluding carboxylic acids is 1. The van der Waals surface area contributed by atoms with Crippen LogP contribution in [0.5, 0.6) is 0 Å². The standard InChI is InChI=1S/C16H16ClNO2S.2H2O4S/c1-20-16(19)15(12-4-2-3-5-13(12)17)18-8-6-14-11(10-18)7-9-21-14;2*1-5(2,3)4/h2-5,7,9,15H,6,8,10H2,1H3;2*(H2,1,2,3,4). The van der Waals surface area contributed by atoms with Crippen LogP contribution in [-0.4, -0.2) is 54.7 Å². The summed E-state index contributed by atoms with van der Waals surface area (Å²) in [6, 6.07) is 9.32. The van der Waals surface area contributed by atoms with Crippen LogP contribution >= 0.6 is 22.9 Å². The molecule has 0 amide bonds. The highest BCUT2D eigenvalue weighted by Gasteiger charge is 2.36. The van der Waals surface area contributed by atoms with Gasteiger partial charge in [0.05, 0.1) is 18.7 Å². The van der Waals surface area contributed by atoms with Crippen molar-refractivity contribution in [3.8, 4) is 0 Å². The number of esters is 1. The Labute approximate surface area is 188 Å². The number of quaternary nitrogens is 1. The molecule has 2 atom stereocenters. The molecule has 174 valence electrons. The van der Waals surface area contributed by atoms with Crippen LogP contribution in [0.3, 0.4) is 0 Å². The van der Waals surface area contributed by atoms with E-state index in [4.69, 9.17) is 51.4 Å². The Hall–Kier alpha value is -1.62. The molecule has 11 nitrogen and oxygen atoms in total. The Morgan fingerprint density at radius 1 is 1.19 bits per heavy atom. The molecule has 0 saturated carbocycles. The predicted molar refractivity (Wildman–Crippen MR) is 110 cm³/mol. The predicted octanol–water partition coefficient (Wildman–Crippen LogP) is 0.609. The molecule has 15 heteroatoms. The van der Waals surface area contributed by atoms with Crippen LogP contribution in [0.25, 0.3) is 0 Å². The number of fused-ring (bicyclic) bond motifs is 1. The molecule has 0 radical (unpaired) electrons. The van der Waals surface area contributed by atoms with Crippen LogP contribution in [0.15, 0.2) is 35.7 Å². The monoisotopic (exact) mass is 517 g/mol. The highest BCUT2D eigenvalue weighted by Crippen LogP contribution is 2.24. The number of halogens is 1. The molecular formula is C16H20ClNO10S3. The van der Waals surface area contributed by atoms with Crippen LogP contribution < -0.4 is 4.90 Å². The maximum absolute atomic E-state index is 12.3. The Balaban J connectivity index is 0.000000404. The third-order valence-electron chi connectivity index (χ3n) is 3.99. The molecule has 1 aliphatic heterocycles. The lowest BCUT2D eigenvalue weighted by Crippen LogP contribution is -3.13. The van der Waals surface area contributed by atoms with Gasteiger partial charge in [0.25, 0.3) is 0 Å². The van der Waals surface area contributed by atoms with Crippen molar-refractivity contribution in [2.75, 3.05) is 13.7 Å². The highest BCUT2D eigenvalue weighted by molar-refractivity contribution is 7.80. The molecule has 2 aromatic rings. The number of nitrogens with one attached hydrogen (secondary N) is 1. The Bertz CT molecular complexity index is 1040. The summed E-state index contributed by atoms with van der Waals surface area (Å²) in [5.41, 5.74) is 2.18. The lowest BCUT2D eigenvalue weighted by atomic mass is 10.0. The van der Waals surface area contributed by atoms with Gasteiger partial charge in [-0.25, -0.2) is 13.2 Å². The minimum atomic E-state index is -4.92. The molecule has 1 aliphatic rings. The second-order valence-electron chi connectivity index (χ2n) is 6.06. The van der Waals surface area contributed by atoms with Crippen molar-refractivity contribution >= 4 is 49.7 Å². The third-order valence-corrected chi connectivity index (χ3v) is 5.36. The molecule has 31 heavy (non-hydrogen) atoms.